The van der Waals surface area contributed by atoms with Crippen LogP contribution in [0.3, 0.4) is 0 Å². The molecule has 2 rings (SSSR count). The van der Waals surface area contributed by atoms with Crippen molar-refractivity contribution in [3.63, 3.8) is 0 Å². The van der Waals surface area contributed by atoms with E-state index in [1.165, 1.54) is 0 Å². The van der Waals surface area contributed by atoms with Crippen molar-refractivity contribution in [1.29, 1.82) is 0 Å². The molecule has 1 aromatic rings. The molecule has 1 unspecified atom stereocenters. The molecule has 0 aliphatic carbocycles. The van der Waals surface area contributed by atoms with Crippen molar-refractivity contribution in [1.82, 2.24) is 15.5 Å². The number of guanidine groups is 1. The minimum atomic E-state index is 0. The van der Waals surface area contributed by atoms with Gasteiger partial charge in [0.1, 0.15) is 0 Å². The summed E-state index contributed by atoms with van der Waals surface area (Å²) in [5.74, 6) is 2.15. The number of aliphatic imine (C=N–C) groups is 1. The lowest BCUT2D eigenvalue weighted by molar-refractivity contribution is 0.0143. The molecule has 7 nitrogen and oxygen atoms in total. The first-order valence-corrected chi connectivity index (χ1v) is 10.7. The SMILES string of the molecule is CCNC(=NCC(CC(C)C)N1CCOCC1)NCCc1ccc(O)c(OC)c1.I. The monoisotopic (exact) mass is 534 g/mol. The first kappa shape index (κ1) is 26.8. The van der Waals surface area contributed by atoms with E-state index in [2.05, 4.69) is 36.3 Å². The van der Waals surface area contributed by atoms with E-state index in [1.807, 2.05) is 12.1 Å². The van der Waals surface area contributed by atoms with Crippen LogP contribution < -0.4 is 15.4 Å². The molecule has 0 bridgehead atoms. The third-order valence-corrected chi connectivity index (χ3v) is 5.06. The van der Waals surface area contributed by atoms with Crippen molar-refractivity contribution in [2.45, 2.75) is 39.7 Å². The third-order valence-electron chi connectivity index (χ3n) is 5.06. The number of ether oxygens (including phenoxy) is 2. The number of nitrogens with zero attached hydrogens (tertiary/aromatic N) is 2. The van der Waals surface area contributed by atoms with Gasteiger partial charge in [-0.3, -0.25) is 9.89 Å². The van der Waals surface area contributed by atoms with Crippen LogP contribution in [0.1, 0.15) is 32.8 Å². The van der Waals surface area contributed by atoms with E-state index >= 15 is 0 Å². The summed E-state index contributed by atoms with van der Waals surface area (Å²) in [6.07, 6.45) is 1.95. The summed E-state index contributed by atoms with van der Waals surface area (Å²) in [6, 6.07) is 5.90. The van der Waals surface area contributed by atoms with E-state index in [1.54, 1.807) is 13.2 Å². The second kappa shape index (κ2) is 14.7. The smallest absolute Gasteiger partial charge is 0.191 e. The number of benzene rings is 1. The Kier molecular flexibility index (Phi) is 13.1. The van der Waals surface area contributed by atoms with Gasteiger partial charge in [-0.15, -0.1) is 24.0 Å². The highest BCUT2D eigenvalue weighted by Gasteiger charge is 2.21. The lowest BCUT2D eigenvalue weighted by Gasteiger charge is -2.34. The van der Waals surface area contributed by atoms with Gasteiger partial charge in [0.15, 0.2) is 17.5 Å². The molecule has 0 saturated carbocycles. The van der Waals surface area contributed by atoms with Gasteiger partial charge in [0.25, 0.3) is 0 Å². The fourth-order valence-electron chi connectivity index (χ4n) is 3.57. The van der Waals surface area contributed by atoms with Gasteiger partial charge in [-0.25, -0.2) is 0 Å². The quantitative estimate of drug-likeness (QED) is 0.244. The Labute approximate surface area is 198 Å². The molecule has 1 heterocycles. The third kappa shape index (κ3) is 9.26. The summed E-state index contributed by atoms with van der Waals surface area (Å²) in [7, 11) is 1.56. The molecule has 0 aromatic heterocycles. The Morgan fingerprint density at radius 2 is 2.00 bits per heavy atom. The summed E-state index contributed by atoms with van der Waals surface area (Å²) in [5, 5.41) is 16.5. The summed E-state index contributed by atoms with van der Waals surface area (Å²) in [6.45, 7) is 12.6. The maximum absolute atomic E-state index is 9.73. The Morgan fingerprint density at radius 1 is 1.27 bits per heavy atom. The summed E-state index contributed by atoms with van der Waals surface area (Å²) >= 11 is 0. The molecule has 0 amide bonds. The van der Waals surface area contributed by atoms with Crippen LogP contribution in [0.25, 0.3) is 0 Å². The zero-order valence-corrected chi connectivity index (χ0v) is 21.1. The number of hydrogen-bond donors (Lipinski definition) is 3. The van der Waals surface area contributed by atoms with Gasteiger partial charge in [0.05, 0.1) is 26.9 Å². The van der Waals surface area contributed by atoms with E-state index in [0.717, 1.165) is 70.3 Å². The van der Waals surface area contributed by atoms with Crippen LogP contribution >= 0.6 is 24.0 Å². The highest BCUT2D eigenvalue weighted by molar-refractivity contribution is 14.0. The van der Waals surface area contributed by atoms with Gasteiger partial charge in [-0.2, -0.15) is 0 Å². The van der Waals surface area contributed by atoms with Crippen molar-refractivity contribution in [2.75, 3.05) is 53.0 Å². The molecule has 1 aromatic carbocycles. The second-order valence-corrected chi connectivity index (χ2v) is 7.83. The fourth-order valence-corrected chi connectivity index (χ4v) is 3.57. The van der Waals surface area contributed by atoms with Crippen LogP contribution in [0.2, 0.25) is 0 Å². The molecule has 0 spiro atoms. The van der Waals surface area contributed by atoms with E-state index in [0.29, 0.717) is 17.7 Å². The van der Waals surface area contributed by atoms with Crippen molar-refractivity contribution < 1.29 is 14.6 Å². The lowest BCUT2D eigenvalue weighted by atomic mass is 10.0. The first-order chi connectivity index (χ1) is 14.0. The Morgan fingerprint density at radius 3 is 2.63 bits per heavy atom. The minimum absolute atomic E-state index is 0. The first-order valence-electron chi connectivity index (χ1n) is 10.7. The standard InChI is InChI=1S/C22H38N4O3.HI/c1-5-23-22(24-9-8-18-6-7-20(27)21(15-18)28-4)25-16-19(14-17(2)3)26-10-12-29-13-11-26;/h6-7,15,17,19,27H,5,8-14,16H2,1-4H3,(H2,23,24,25);1H. The summed E-state index contributed by atoms with van der Waals surface area (Å²) in [5.41, 5.74) is 1.11. The van der Waals surface area contributed by atoms with Crippen molar-refractivity contribution in [3.8, 4) is 11.5 Å². The highest BCUT2D eigenvalue weighted by atomic mass is 127. The topological polar surface area (TPSA) is 78.4 Å². The Bertz CT molecular complexity index is 637. The summed E-state index contributed by atoms with van der Waals surface area (Å²) in [4.78, 5) is 7.38. The van der Waals surface area contributed by atoms with Gasteiger partial charge in [0, 0.05) is 32.2 Å². The van der Waals surface area contributed by atoms with Gasteiger partial charge in [-0.1, -0.05) is 19.9 Å². The predicted octanol–water partition coefficient (Wildman–Crippen LogP) is 2.86. The van der Waals surface area contributed by atoms with Crippen LogP contribution in [-0.4, -0.2) is 75.1 Å². The molecule has 0 radical (unpaired) electrons. The number of nitrogens with one attached hydrogen (secondary N) is 2. The number of phenolic OH excluding ortho intramolecular Hbond substituents is 1. The number of rotatable bonds is 10. The molecule has 172 valence electrons. The molecule has 3 N–H and O–H groups in total. The molecule has 1 atom stereocenters. The maximum Gasteiger partial charge on any atom is 0.191 e. The molecular weight excluding hydrogens is 495 g/mol. The molecule has 1 fully saturated rings. The van der Waals surface area contributed by atoms with Crippen molar-refractivity contribution in [3.05, 3.63) is 23.8 Å². The number of morpholine rings is 1. The van der Waals surface area contributed by atoms with Crippen molar-refractivity contribution >= 4 is 29.9 Å². The molecule has 1 saturated heterocycles. The maximum atomic E-state index is 9.73. The van der Waals surface area contributed by atoms with Crippen LogP contribution in [-0.2, 0) is 11.2 Å². The highest BCUT2D eigenvalue weighted by Crippen LogP contribution is 2.26. The minimum Gasteiger partial charge on any atom is -0.504 e. The fraction of sp³-hybridized carbons (Fsp3) is 0.682. The zero-order chi connectivity index (χ0) is 21.1. The van der Waals surface area contributed by atoms with E-state index in [9.17, 15) is 5.11 Å². The van der Waals surface area contributed by atoms with Crippen LogP contribution in [0.15, 0.2) is 23.2 Å². The van der Waals surface area contributed by atoms with E-state index in [-0.39, 0.29) is 29.7 Å². The molecule has 1 aliphatic rings. The number of methoxy groups -OCH3 is 1. The summed E-state index contributed by atoms with van der Waals surface area (Å²) < 4.78 is 10.7. The van der Waals surface area contributed by atoms with Gasteiger partial charge in [-0.05, 0) is 43.4 Å². The largest absolute Gasteiger partial charge is 0.504 e. The van der Waals surface area contributed by atoms with E-state index in [4.69, 9.17) is 14.5 Å². The zero-order valence-electron chi connectivity index (χ0n) is 18.8. The molecule has 1 aliphatic heterocycles. The van der Waals surface area contributed by atoms with Crippen LogP contribution in [0.5, 0.6) is 11.5 Å². The molecular formula is C22H39IN4O3. The van der Waals surface area contributed by atoms with Gasteiger partial charge in [0.2, 0.25) is 0 Å². The van der Waals surface area contributed by atoms with Crippen LogP contribution in [0, 0.1) is 5.92 Å². The average molecular weight is 534 g/mol. The van der Waals surface area contributed by atoms with E-state index < -0.39 is 0 Å². The van der Waals surface area contributed by atoms with Crippen LogP contribution in [0.4, 0.5) is 0 Å². The second-order valence-electron chi connectivity index (χ2n) is 7.83. The predicted molar refractivity (Wildman–Crippen MR) is 133 cm³/mol. The molecule has 30 heavy (non-hydrogen) atoms. The Balaban J connectivity index is 0.00000450. The van der Waals surface area contributed by atoms with Crippen molar-refractivity contribution in [2.24, 2.45) is 10.9 Å². The molecule has 8 heteroatoms. The van der Waals surface area contributed by atoms with Gasteiger partial charge >= 0.3 is 0 Å². The van der Waals surface area contributed by atoms with Gasteiger partial charge < -0.3 is 25.2 Å². The number of halogens is 1. The normalized spacial score (nSPS) is 16.1. The number of hydrogen-bond acceptors (Lipinski definition) is 5. The Hall–Kier alpha value is -1.26. The number of phenols is 1. The average Bonchev–Trinajstić information content (AvgIpc) is 2.72. The lowest BCUT2D eigenvalue weighted by Crippen LogP contribution is -2.46. The number of aromatic hydroxyl groups is 1.